The van der Waals surface area contributed by atoms with Gasteiger partial charge in [0.25, 0.3) is 0 Å². The Hall–Kier alpha value is -2.37. The Balaban J connectivity index is 2.23. The van der Waals surface area contributed by atoms with Gasteiger partial charge in [0.15, 0.2) is 11.5 Å². The summed E-state index contributed by atoms with van der Waals surface area (Å²) in [6.45, 7) is 1.76. The predicted molar refractivity (Wildman–Crippen MR) is 68.8 cm³/mol. The van der Waals surface area contributed by atoms with Crippen LogP contribution < -0.4 is 4.90 Å². The Morgan fingerprint density at radius 1 is 1.42 bits per heavy atom. The van der Waals surface area contributed by atoms with Gasteiger partial charge in [-0.25, -0.2) is 4.98 Å². The lowest BCUT2D eigenvalue weighted by atomic mass is 10.2. The van der Waals surface area contributed by atoms with Crippen LogP contribution in [0.2, 0.25) is 0 Å². The van der Waals surface area contributed by atoms with E-state index in [-0.39, 0.29) is 12.3 Å². The van der Waals surface area contributed by atoms with E-state index in [4.69, 9.17) is 4.42 Å². The molecule has 1 aromatic carbocycles. The summed E-state index contributed by atoms with van der Waals surface area (Å²) >= 11 is 0. The molecule has 0 N–H and O–H groups in total. The molecule has 0 aliphatic heterocycles. The van der Waals surface area contributed by atoms with E-state index in [2.05, 4.69) is 9.72 Å². The number of fused-ring (bicyclic) bond motifs is 1. The van der Waals surface area contributed by atoms with Gasteiger partial charge < -0.3 is 14.1 Å². The minimum atomic E-state index is -0.560. The number of hydrogen-bond acceptors (Lipinski definition) is 5. The van der Waals surface area contributed by atoms with Crippen LogP contribution in [-0.4, -0.2) is 31.0 Å². The molecule has 0 saturated carbocycles. The average molecular weight is 262 g/mol. The number of carbonyl (C=O) groups excluding carboxylic acids is 2. The van der Waals surface area contributed by atoms with E-state index in [1.54, 1.807) is 32.2 Å². The highest BCUT2D eigenvalue weighted by atomic mass is 16.5. The molecule has 0 unspecified atom stereocenters. The van der Waals surface area contributed by atoms with Crippen LogP contribution in [0.3, 0.4) is 0 Å². The van der Waals surface area contributed by atoms with Gasteiger partial charge >= 0.3 is 5.97 Å². The molecule has 2 aromatic rings. The quantitative estimate of drug-likeness (QED) is 0.621. The minimum absolute atomic E-state index is 0.289. The van der Waals surface area contributed by atoms with Crippen molar-refractivity contribution in [3.63, 3.8) is 0 Å². The van der Waals surface area contributed by atoms with Crippen molar-refractivity contribution in [3.8, 4) is 0 Å². The number of aryl methyl sites for hydroxylation is 1. The third kappa shape index (κ3) is 2.73. The van der Waals surface area contributed by atoms with Crippen LogP contribution in [0, 0.1) is 6.92 Å². The molecule has 100 valence electrons. The average Bonchev–Trinajstić information content (AvgIpc) is 2.76. The molecule has 0 bridgehead atoms. The zero-order valence-corrected chi connectivity index (χ0v) is 11.0. The molecule has 6 heteroatoms. The summed E-state index contributed by atoms with van der Waals surface area (Å²) in [7, 11) is 2.85. The van der Waals surface area contributed by atoms with Crippen LogP contribution >= 0.6 is 0 Å². The molecule has 0 atom stereocenters. The number of ether oxygens (including phenoxy) is 1. The Labute approximate surface area is 110 Å². The highest BCUT2D eigenvalue weighted by molar-refractivity contribution is 6.03. The Kier molecular flexibility index (Phi) is 3.50. The zero-order chi connectivity index (χ0) is 14.0. The molecule has 19 heavy (non-hydrogen) atoms. The van der Waals surface area contributed by atoms with Gasteiger partial charge in [0, 0.05) is 19.7 Å². The normalized spacial score (nSPS) is 10.5. The van der Waals surface area contributed by atoms with Gasteiger partial charge in [-0.2, -0.15) is 0 Å². The number of esters is 1. The zero-order valence-electron chi connectivity index (χ0n) is 11.0. The summed E-state index contributed by atoms with van der Waals surface area (Å²) in [6.07, 6.45) is -0.289. The lowest BCUT2D eigenvalue weighted by Crippen LogP contribution is -2.28. The first-order valence-electron chi connectivity index (χ1n) is 5.72. The highest BCUT2D eigenvalue weighted by Crippen LogP contribution is 2.22. The van der Waals surface area contributed by atoms with Gasteiger partial charge in [0.05, 0.1) is 7.11 Å². The fourth-order valence-electron chi connectivity index (χ4n) is 1.70. The van der Waals surface area contributed by atoms with Gasteiger partial charge in [0.2, 0.25) is 5.91 Å². The van der Waals surface area contributed by atoms with Gasteiger partial charge in [-0.3, -0.25) is 9.59 Å². The first-order chi connectivity index (χ1) is 9.01. The van der Waals surface area contributed by atoms with E-state index in [1.165, 1.54) is 12.0 Å². The maximum Gasteiger partial charge on any atom is 0.315 e. The molecular weight excluding hydrogens is 248 g/mol. The maximum absolute atomic E-state index is 11.8. The second-order valence-electron chi connectivity index (χ2n) is 4.09. The number of amides is 1. The van der Waals surface area contributed by atoms with E-state index < -0.39 is 5.97 Å². The molecular formula is C13H14N2O4. The van der Waals surface area contributed by atoms with Crippen molar-refractivity contribution < 1.29 is 18.7 Å². The molecule has 6 nitrogen and oxygen atoms in total. The summed E-state index contributed by atoms with van der Waals surface area (Å²) in [5, 5.41) is 0. The van der Waals surface area contributed by atoms with Crippen molar-refractivity contribution in [3.05, 3.63) is 24.1 Å². The Bertz CT molecular complexity index is 633. The SMILES string of the molecule is COC(=O)CC(=O)N(C)c1ccc2oc(C)nc2c1. The van der Waals surface area contributed by atoms with Crippen LogP contribution in [0.25, 0.3) is 11.1 Å². The first-order valence-corrected chi connectivity index (χ1v) is 5.72. The van der Waals surface area contributed by atoms with Crippen molar-refractivity contribution in [2.75, 3.05) is 19.1 Å². The third-order valence-electron chi connectivity index (χ3n) is 2.76. The van der Waals surface area contributed by atoms with Crippen molar-refractivity contribution in [2.24, 2.45) is 0 Å². The highest BCUT2D eigenvalue weighted by Gasteiger charge is 2.16. The standard InChI is InChI=1S/C13H14N2O4/c1-8-14-10-6-9(4-5-11(10)19-8)15(2)12(16)7-13(17)18-3/h4-6H,7H2,1-3H3. The monoisotopic (exact) mass is 262 g/mol. The largest absolute Gasteiger partial charge is 0.469 e. The van der Waals surface area contributed by atoms with Crippen molar-refractivity contribution in [2.45, 2.75) is 13.3 Å². The number of carbonyl (C=O) groups is 2. The van der Waals surface area contributed by atoms with E-state index in [1.807, 2.05) is 0 Å². The summed E-state index contributed by atoms with van der Waals surface area (Å²) in [5.74, 6) is -0.336. The summed E-state index contributed by atoms with van der Waals surface area (Å²) < 4.78 is 9.82. The van der Waals surface area contributed by atoms with Gasteiger partial charge in [-0.15, -0.1) is 0 Å². The fourth-order valence-corrected chi connectivity index (χ4v) is 1.70. The molecule has 0 fully saturated rings. The molecule has 0 saturated heterocycles. The van der Waals surface area contributed by atoms with E-state index in [0.29, 0.717) is 22.7 Å². The van der Waals surface area contributed by atoms with E-state index in [9.17, 15) is 9.59 Å². The maximum atomic E-state index is 11.8. The first kappa shape index (κ1) is 13.1. The number of hydrogen-bond donors (Lipinski definition) is 0. The number of oxazole rings is 1. The Morgan fingerprint density at radius 2 is 2.16 bits per heavy atom. The van der Waals surface area contributed by atoms with Gasteiger partial charge in [-0.05, 0) is 18.2 Å². The van der Waals surface area contributed by atoms with E-state index >= 15 is 0 Å². The minimum Gasteiger partial charge on any atom is -0.469 e. The number of aromatic nitrogens is 1. The number of nitrogens with zero attached hydrogens (tertiary/aromatic N) is 2. The van der Waals surface area contributed by atoms with Gasteiger partial charge in [0.1, 0.15) is 11.9 Å². The molecule has 2 rings (SSSR count). The Morgan fingerprint density at radius 3 is 2.84 bits per heavy atom. The molecule has 1 aromatic heterocycles. The molecule has 1 heterocycles. The predicted octanol–water partition coefficient (Wildman–Crippen LogP) is 1.66. The molecule has 1 amide bonds. The number of methoxy groups -OCH3 is 1. The van der Waals surface area contributed by atoms with Crippen molar-refractivity contribution in [1.29, 1.82) is 0 Å². The lowest BCUT2D eigenvalue weighted by molar-refractivity contribution is -0.143. The van der Waals surface area contributed by atoms with Gasteiger partial charge in [-0.1, -0.05) is 0 Å². The van der Waals surface area contributed by atoms with Crippen LogP contribution in [0.1, 0.15) is 12.3 Å². The van der Waals surface area contributed by atoms with Crippen LogP contribution in [-0.2, 0) is 14.3 Å². The molecule has 0 radical (unpaired) electrons. The summed E-state index contributed by atoms with van der Waals surface area (Å²) in [4.78, 5) is 28.5. The number of rotatable bonds is 3. The smallest absolute Gasteiger partial charge is 0.315 e. The number of benzene rings is 1. The third-order valence-corrected chi connectivity index (χ3v) is 2.76. The second-order valence-corrected chi connectivity index (χ2v) is 4.09. The van der Waals surface area contributed by atoms with E-state index in [0.717, 1.165) is 0 Å². The van der Waals surface area contributed by atoms with Crippen molar-refractivity contribution >= 4 is 28.7 Å². The fraction of sp³-hybridized carbons (Fsp3) is 0.308. The topological polar surface area (TPSA) is 72.6 Å². The van der Waals surface area contributed by atoms with Crippen molar-refractivity contribution in [1.82, 2.24) is 4.98 Å². The second kappa shape index (κ2) is 5.09. The molecule has 0 aliphatic rings. The van der Waals surface area contributed by atoms with Crippen LogP contribution in [0.5, 0.6) is 0 Å². The molecule has 0 spiro atoms. The summed E-state index contributed by atoms with van der Waals surface area (Å²) in [5.41, 5.74) is 1.98. The van der Waals surface area contributed by atoms with Crippen LogP contribution in [0.15, 0.2) is 22.6 Å². The summed E-state index contributed by atoms with van der Waals surface area (Å²) in [6, 6.07) is 5.22. The lowest BCUT2D eigenvalue weighted by Gasteiger charge is -2.16. The molecule has 0 aliphatic carbocycles. The van der Waals surface area contributed by atoms with Crippen LogP contribution in [0.4, 0.5) is 5.69 Å². The number of anilines is 1.